The molecule has 36 heavy (non-hydrogen) atoms. The maximum atomic E-state index is 13.6. The molecule has 0 atom stereocenters. The highest BCUT2D eigenvalue weighted by Crippen LogP contribution is 2.38. The number of alkyl halides is 3. The van der Waals surface area contributed by atoms with Crippen LogP contribution >= 0.6 is 0 Å². The van der Waals surface area contributed by atoms with Crippen molar-refractivity contribution < 1.29 is 37.7 Å². The molecule has 0 saturated heterocycles. The van der Waals surface area contributed by atoms with Crippen LogP contribution in [0.3, 0.4) is 0 Å². The van der Waals surface area contributed by atoms with Crippen molar-refractivity contribution in [2.75, 3.05) is 0 Å². The number of carboxylic acid groups (broad SMARTS) is 1. The van der Waals surface area contributed by atoms with E-state index in [4.69, 9.17) is 9.84 Å². The molecule has 0 aliphatic carbocycles. The number of ether oxygens (including phenoxy) is 1. The molecule has 4 aromatic rings. The standard InChI is InChI=1S/C27H18F3NO5/c1-15(26(34)35)12-16-6-9-18(10-7-16)36-25-20-11-8-17(32)13-23(20)31-14-21(25)24(33)19-4-2-3-5-22(19)27(28,29)30/h2-14,32H,1H3,(H,34,35)/b15-12+. The first-order valence-electron chi connectivity index (χ1n) is 10.6. The predicted molar refractivity (Wildman–Crippen MR) is 126 cm³/mol. The molecule has 0 spiro atoms. The molecule has 4 rings (SSSR count). The SMILES string of the molecule is C/C(=C\c1ccc(Oc2c(C(=O)c3ccccc3C(F)(F)F)cnc3cc(O)ccc23)cc1)C(=O)O. The lowest BCUT2D eigenvalue weighted by Crippen LogP contribution is -2.14. The van der Waals surface area contributed by atoms with Gasteiger partial charge in [-0.25, -0.2) is 4.79 Å². The van der Waals surface area contributed by atoms with Crippen LogP contribution in [-0.4, -0.2) is 26.9 Å². The minimum Gasteiger partial charge on any atom is -0.508 e. The van der Waals surface area contributed by atoms with Gasteiger partial charge in [-0.05, 0) is 48.9 Å². The van der Waals surface area contributed by atoms with Gasteiger partial charge in [0.15, 0.2) is 5.78 Å². The van der Waals surface area contributed by atoms with E-state index < -0.39 is 29.1 Å². The number of aliphatic carboxylic acids is 1. The molecule has 0 radical (unpaired) electrons. The number of phenolic OH excluding ortho intramolecular Hbond substituents is 1. The number of nitrogens with zero attached hydrogens (tertiary/aromatic N) is 1. The van der Waals surface area contributed by atoms with Gasteiger partial charge in [-0.3, -0.25) is 9.78 Å². The van der Waals surface area contributed by atoms with Gasteiger partial charge in [0.05, 0.1) is 16.6 Å². The van der Waals surface area contributed by atoms with Crippen molar-refractivity contribution >= 4 is 28.7 Å². The van der Waals surface area contributed by atoms with Crippen LogP contribution in [0.5, 0.6) is 17.2 Å². The van der Waals surface area contributed by atoms with Crippen LogP contribution in [0.25, 0.3) is 17.0 Å². The van der Waals surface area contributed by atoms with Crippen molar-refractivity contribution in [3.05, 3.63) is 101 Å². The fourth-order valence-electron chi connectivity index (χ4n) is 3.56. The largest absolute Gasteiger partial charge is 0.508 e. The number of fused-ring (bicyclic) bond motifs is 1. The Bertz CT molecular complexity index is 1510. The Kier molecular flexibility index (Phi) is 6.48. The first kappa shape index (κ1) is 24.5. The van der Waals surface area contributed by atoms with Crippen LogP contribution in [0, 0.1) is 0 Å². The molecule has 2 N–H and O–H groups in total. The molecule has 3 aromatic carbocycles. The van der Waals surface area contributed by atoms with E-state index in [0.717, 1.165) is 18.3 Å². The van der Waals surface area contributed by atoms with Gasteiger partial charge in [-0.2, -0.15) is 13.2 Å². The zero-order valence-electron chi connectivity index (χ0n) is 18.7. The molecule has 0 bridgehead atoms. The summed E-state index contributed by atoms with van der Waals surface area (Å²) in [6.07, 6.45) is -2.18. The van der Waals surface area contributed by atoms with Gasteiger partial charge in [0.1, 0.15) is 17.2 Å². The summed E-state index contributed by atoms with van der Waals surface area (Å²) in [6.45, 7) is 1.45. The monoisotopic (exact) mass is 493 g/mol. The summed E-state index contributed by atoms with van der Waals surface area (Å²) in [7, 11) is 0. The first-order valence-corrected chi connectivity index (χ1v) is 10.6. The number of halogens is 3. The highest BCUT2D eigenvalue weighted by atomic mass is 19.4. The number of rotatable bonds is 6. The molecule has 9 heteroatoms. The molecule has 0 fully saturated rings. The van der Waals surface area contributed by atoms with Crippen molar-refractivity contribution in [2.45, 2.75) is 13.1 Å². The van der Waals surface area contributed by atoms with Crippen LogP contribution in [0.2, 0.25) is 0 Å². The van der Waals surface area contributed by atoms with Gasteiger partial charge < -0.3 is 14.9 Å². The number of hydrogen-bond donors (Lipinski definition) is 2. The predicted octanol–water partition coefficient (Wildman–Crippen LogP) is 6.47. The molecule has 6 nitrogen and oxygen atoms in total. The van der Waals surface area contributed by atoms with Crippen LogP contribution in [-0.2, 0) is 11.0 Å². The number of carbonyl (C=O) groups excluding carboxylic acids is 1. The fraction of sp³-hybridized carbons (Fsp3) is 0.0741. The Labute approximate surface area is 202 Å². The number of ketones is 1. The number of carbonyl (C=O) groups is 2. The maximum Gasteiger partial charge on any atom is 0.417 e. The summed E-state index contributed by atoms with van der Waals surface area (Å²) in [5.41, 5.74) is -0.865. The topological polar surface area (TPSA) is 96.7 Å². The zero-order valence-corrected chi connectivity index (χ0v) is 18.7. The maximum absolute atomic E-state index is 13.6. The quantitative estimate of drug-likeness (QED) is 0.236. The van der Waals surface area contributed by atoms with Crippen molar-refractivity contribution in [2.24, 2.45) is 0 Å². The van der Waals surface area contributed by atoms with E-state index in [9.17, 15) is 27.9 Å². The summed E-state index contributed by atoms with van der Waals surface area (Å²) in [5.74, 6) is -1.88. The lowest BCUT2D eigenvalue weighted by atomic mass is 9.97. The highest BCUT2D eigenvalue weighted by molar-refractivity contribution is 6.14. The number of pyridine rings is 1. The van der Waals surface area contributed by atoms with Crippen molar-refractivity contribution in [3.63, 3.8) is 0 Å². The van der Waals surface area contributed by atoms with Crippen LogP contribution in [0.4, 0.5) is 13.2 Å². The Hall–Kier alpha value is -4.66. The Balaban J connectivity index is 1.82. The Morgan fingerprint density at radius 1 is 0.972 bits per heavy atom. The lowest BCUT2D eigenvalue weighted by molar-refractivity contribution is -0.138. The minimum absolute atomic E-state index is 0.0352. The van der Waals surface area contributed by atoms with E-state index in [0.29, 0.717) is 10.9 Å². The number of hydrogen-bond acceptors (Lipinski definition) is 5. The third-order valence-electron chi connectivity index (χ3n) is 5.35. The van der Waals surface area contributed by atoms with Gasteiger partial charge in [0.25, 0.3) is 0 Å². The molecule has 0 unspecified atom stereocenters. The third-order valence-corrected chi connectivity index (χ3v) is 5.35. The van der Waals surface area contributed by atoms with Gasteiger partial charge in [-0.15, -0.1) is 0 Å². The molecule has 0 aliphatic heterocycles. The summed E-state index contributed by atoms with van der Waals surface area (Å²) in [5, 5.41) is 19.2. The minimum atomic E-state index is -4.75. The summed E-state index contributed by atoms with van der Waals surface area (Å²) in [6, 6.07) is 14.8. The molecule has 182 valence electrons. The highest BCUT2D eigenvalue weighted by Gasteiger charge is 2.35. The second-order valence-corrected chi connectivity index (χ2v) is 7.88. The van der Waals surface area contributed by atoms with Crippen molar-refractivity contribution in [1.29, 1.82) is 0 Å². The van der Waals surface area contributed by atoms with E-state index in [1.165, 1.54) is 55.5 Å². The van der Waals surface area contributed by atoms with Crippen LogP contribution in [0.15, 0.2) is 78.5 Å². The molecular weight excluding hydrogens is 475 g/mol. The molecule has 1 aromatic heterocycles. The Morgan fingerprint density at radius 3 is 2.33 bits per heavy atom. The van der Waals surface area contributed by atoms with Gasteiger partial charge in [0, 0.05) is 28.8 Å². The molecule has 1 heterocycles. The molecular formula is C27H18F3NO5. The number of benzene rings is 3. The number of carboxylic acids is 1. The smallest absolute Gasteiger partial charge is 0.417 e. The number of phenols is 1. The van der Waals surface area contributed by atoms with Crippen molar-refractivity contribution in [3.8, 4) is 17.2 Å². The average molecular weight is 493 g/mol. The number of aromatic nitrogens is 1. The van der Waals surface area contributed by atoms with Gasteiger partial charge in [0.2, 0.25) is 0 Å². The lowest BCUT2D eigenvalue weighted by Gasteiger charge is -2.16. The fourth-order valence-corrected chi connectivity index (χ4v) is 3.56. The third kappa shape index (κ3) is 5.05. The van der Waals surface area contributed by atoms with Crippen LogP contribution < -0.4 is 4.74 Å². The van der Waals surface area contributed by atoms with E-state index in [1.54, 1.807) is 12.1 Å². The summed E-state index contributed by atoms with van der Waals surface area (Å²) in [4.78, 5) is 28.5. The van der Waals surface area contributed by atoms with E-state index in [2.05, 4.69) is 4.98 Å². The summed E-state index contributed by atoms with van der Waals surface area (Å²) < 4.78 is 46.7. The van der Waals surface area contributed by atoms with Crippen LogP contribution in [0.1, 0.15) is 34.0 Å². The van der Waals surface area contributed by atoms with E-state index in [1.807, 2.05) is 0 Å². The number of aromatic hydroxyl groups is 1. The Morgan fingerprint density at radius 2 is 1.67 bits per heavy atom. The molecule has 0 aliphatic rings. The zero-order chi connectivity index (χ0) is 26.0. The molecule has 0 amide bonds. The van der Waals surface area contributed by atoms with E-state index in [-0.39, 0.29) is 33.9 Å². The first-order chi connectivity index (χ1) is 17.0. The van der Waals surface area contributed by atoms with Gasteiger partial charge >= 0.3 is 12.1 Å². The average Bonchev–Trinajstić information content (AvgIpc) is 2.84. The second-order valence-electron chi connectivity index (χ2n) is 7.88. The second kappa shape index (κ2) is 9.53. The summed E-state index contributed by atoms with van der Waals surface area (Å²) >= 11 is 0. The molecule has 0 saturated carbocycles. The van der Waals surface area contributed by atoms with Gasteiger partial charge in [-0.1, -0.05) is 30.3 Å². The van der Waals surface area contributed by atoms with E-state index >= 15 is 0 Å². The normalized spacial score (nSPS) is 11.9. The van der Waals surface area contributed by atoms with Crippen molar-refractivity contribution in [1.82, 2.24) is 4.98 Å².